The number of halogens is 1. The normalized spacial score (nSPS) is 10.3. The largest absolute Gasteiger partial charge is 0.350 e. The SMILES string of the molecule is COC(=P)CCCSc1ccc(F)cc1. The number of methoxy groups -OCH3 is 1. The van der Waals surface area contributed by atoms with Crippen molar-refractivity contribution >= 4 is 26.1 Å². The second kappa shape index (κ2) is 7.00. The van der Waals surface area contributed by atoms with Gasteiger partial charge in [0.15, 0.2) is 0 Å². The Labute approximate surface area is 96.2 Å². The molecule has 1 rings (SSSR count). The zero-order chi connectivity index (χ0) is 11.1. The molecule has 1 aromatic carbocycles. The van der Waals surface area contributed by atoms with E-state index < -0.39 is 0 Å². The molecule has 0 amide bonds. The molecule has 0 radical (unpaired) electrons. The molecule has 0 saturated carbocycles. The Bertz CT molecular complexity index is 313. The van der Waals surface area contributed by atoms with Gasteiger partial charge in [0.2, 0.25) is 0 Å². The van der Waals surface area contributed by atoms with E-state index in [0.29, 0.717) is 0 Å². The Kier molecular flexibility index (Phi) is 5.92. The van der Waals surface area contributed by atoms with Crippen molar-refractivity contribution < 1.29 is 9.13 Å². The lowest BCUT2D eigenvalue weighted by Crippen LogP contribution is -1.96. The fourth-order valence-electron chi connectivity index (χ4n) is 1.06. The predicted octanol–water partition coefficient (Wildman–Crippen LogP) is 3.62. The van der Waals surface area contributed by atoms with Gasteiger partial charge in [-0.3, -0.25) is 0 Å². The van der Waals surface area contributed by atoms with Crippen LogP contribution in [0, 0.1) is 5.82 Å². The van der Waals surface area contributed by atoms with Crippen molar-refractivity contribution in [1.82, 2.24) is 0 Å². The van der Waals surface area contributed by atoms with Crippen LogP contribution in [0.1, 0.15) is 12.8 Å². The van der Waals surface area contributed by atoms with E-state index in [-0.39, 0.29) is 5.82 Å². The Balaban J connectivity index is 2.20. The minimum absolute atomic E-state index is 0.186. The number of rotatable bonds is 6. The molecule has 0 atom stereocenters. The van der Waals surface area contributed by atoms with Gasteiger partial charge in [0, 0.05) is 12.0 Å². The summed E-state index contributed by atoms with van der Waals surface area (Å²) in [6, 6.07) is 6.57. The van der Waals surface area contributed by atoms with Crippen molar-refractivity contribution in [2.75, 3.05) is 12.9 Å². The van der Waals surface area contributed by atoms with E-state index in [9.17, 15) is 4.39 Å². The number of hydrogen-bond acceptors (Lipinski definition) is 2. The summed E-state index contributed by atoms with van der Waals surface area (Å²) in [7, 11) is 5.01. The van der Waals surface area contributed by atoms with Gasteiger partial charge in [-0.25, -0.2) is 4.39 Å². The van der Waals surface area contributed by atoms with Gasteiger partial charge >= 0.3 is 0 Å². The summed E-state index contributed by atoms with van der Waals surface area (Å²) in [5.41, 5.74) is 0.870. The molecule has 0 N–H and O–H groups in total. The second-order valence-corrected chi connectivity index (χ2v) is 4.76. The molecule has 0 saturated heterocycles. The minimum Gasteiger partial charge on any atom is -0.350 e. The molecule has 0 fully saturated rings. The predicted molar refractivity (Wildman–Crippen MR) is 66.7 cm³/mol. The van der Waals surface area contributed by atoms with Crippen molar-refractivity contribution in [3.8, 4) is 0 Å². The van der Waals surface area contributed by atoms with E-state index in [2.05, 4.69) is 8.86 Å². The van der Waals surface area contributed by atoms with Gasteiger partial charge in [-0.15, -0.1) is 11.8 Å². The summed E-state index contributed by atoms with van der Waals surface area (Å²) in [6.07, 6.45) is 1.94. The quantitative estimate of drug-likeness (QED) is 0.429. The van der Waals surface area contributed by atoms with Crippen LogP contribution in [0.2, 0.25) is 0 Å². The van der Waals surface area contributed by atoms with Gasteiger partial charge in [-0.1, -0.05) is 8.86 Å². The average Bonchev–Trinajstić information content (AvgIpc) is 2.26. The third-order valence-electron chi connectivity index (χ3n) is 1.88. The fraction of sp³-hybridized carbons (Fsp3) is 0.364. The van der Waals surface area contributed by atoms with Crippen LogP contribution in [0.3, 0.4) is 0 Å². The molecule has 0 aliphatic heterocycles. The van der Waals surface area contributed by atoms with Crippen molar-refractivity contribution in [1.29, 1.82) is 0 Å². The second-order valence-electron chi connectivity index (χ2n) is 3.03. The third kappa shape index (κ3) is 5.31. The number of benzene rings is 1. The molecule has 15 heavy (non-hydrogen) atoms. The molecular weight excluding hydrogens is 230 g/mol. The average molecular weight is 244 g/mol. The van der Waals surface area contributed by atoms with Crippen LogP contribution in [-0.2, 0) is 4.74 Å². The zero-order valence-corrected chi connectivity index (χ0v) is 10.4. The Morgan fingerprint density at radius 2 is 2.07 bits per heavy atom. The maximum absolute atomic E-state index is 12.6. The van der Waals surface area contributed by atoms with Crippen LogP contribution < -0.4 is 0 Å². The van der Waals surface area contributed by atoms with Crippen LogP contribution in [0.15, 0.2) is 29.2 Å². The van der Waals surface area contributed by atoms with Gasteiger partial charge in [-0.2, -0.15) is 0 Å². The first-order valence-corrected chi connectivity index (χ1v) is 6.20. The topological polar surface area (TPSA) is 9.23 Å². The van der Waals surface area contributed by atoms with E-state index in [0.717, 1.165) is 29.0 Å². The highest BCUT2D eigenvalue weighted by Crippen LogP contribution is 2.19. The highest BCUT2D eigenvalue weighted by molar-refractivity contribution is 7.99. The van der Waals surface area contributed by atoms with Crippen molar-refractivity contribution in [2.45, 2.75) is 17.7 Å². The maximum Gasteiger partial charge on any atom is 0.123 e. The van der Waals surface area contributed by atoms with E-state index in [1.54, 1.807) is 31.0 Å². The smallest absolute Gasteiger partial charge is 0.123 e. The molecule has 0 aliphatic rings. The summed E-state index contributed by atoms with van der Waals surface area (Å²) >= 11 is 1.72. The van der Waals surface area contributed by atoms with Crippen molar-refractivity contribution in [3.63, 3.8) is 0 Å². The highest BCUT2D eigenvalue weighted by Gasteiger charge is 1.96. The minimum atomic E-state index is -0.186. The molecule has 82 valence electrons. The standard InChI is InChI=1S/C11H14FOPS/c1-13-11(14)3-2-8-15-10-6-4-9(12)5-7-10/h4-7,14H,2-3,8H2,1H3. The lowest BCUT2D eigenvalue weighted by Gasteiger charge is -2.02. The van der Waals surface area contributed by atoms with Gasteiger partial charge < -0.3 is 4.74 Å². The van der Waals surface area contributed by atoms with Gasteiger partial charge in [0.1, 0.15) is 5.82 Å². The first-order valence-electron chi connectivity index (χ1n) is 4.72. The van der Waals surface area contributed by atoms with Gasteiger partial charge in [0.25, 0.3) is 0 Å². The maximum atomic E-state index is 12.6. The summed E-state index contributed by atoms with van der Waals surface area (Å²) in [4.78, 5) is 1.10. The molecular formula is C11H14FOPS. The van der Waals surface area contributed by atoms with E-state index in [4.69, 9.17) is 4.74 Å². The molecule has 0 unspecified atom stereocenters. The zero-order valence-electron chi connectivity index (χ0n) is 8.63. The van der Waals surface area contributed by atoms with E-state index in [1.165, 1.54) is 12.1 Å². The summed E-state index contributed by atoms with van der Waals surface area (Å²) in [5, 5.41) is 0. The van der Waals surface area contributed by atoms with Crippen LogP contribution in [0.5, 0.6) is 0 Å². The Hall–Kier alpha value is -0.370. The highest BCUT2D eigenvalue weighted by atomic mass is 32.2. The lowest BCUT2D eigenvalue weighted by molar-refractivity contribution is 0.401. The molecule has 1 aromatic rings. The first kappa shape index (κ1) is 12.7. The fourth-order valence-corrected chi connectivity index (χ4v) is 2.09. The number of thioether (sulfide) groups is 1. The van der Waals surface area contributed by atoms with E-state index in [1.807, 2.05) is 0 Å². The van der Waals surface area contributed by atoms with Crippen LogP contribution >= 0.6 is 20.6 Å². The first-order chi connectivity index (χ1) is 7.22. The summed E-state index contributed by atoms with van der Waals surface area (Å²) in [5.74, 6) is 0.817. The monoisotopic (exact) mass is 244 g/mol. The van der Waals surface area contributed by atoms with E-state index >= 15 is 0 Å². The van der Waals surface area contributed by atoms with Crippen molar-refractivity contribution in [2.24, 2.45) is 0 Å². The van der Waals surface area contributed by atoms with Crippen LogP contribution in [0.4, 0.5) is 4.39 Å². The number of hydrogen-bond donors (Lipinski definition) is 0. The van der Waals surface area contributed by atoms with Gasteiger partial charge in [0.05, 0.1) is 5.48 Å². The molecule has 4 heteroatoms. The summed E-state index contributed by atoms with van der Waals surface area (Å²) in [6.45, 7) is 0. The molecule has 0 bridgehead atoms. The van der Waals surface area contributed by atoms with Crippen LogP contribution in [-0.4, -0.2) is 18.3 Å². The lowest BCUT2D eigenvalue weighted by atomic mass is 10.3. The Morgan fingerprint density at radius 1 is 1.40 bits per heavy atom. The summed E-state index contributed by atoms with van der Waals surface area (Å²) < 4.78 is 17.6. The molecule has 0 aromatic heterocycles. The van der Waals surface area contributed by atoms with Crippen LogP contribution in [0.25, 0.3) is 0 Å². The molecule has 0 heterocycles. The Morgan fingerprint density at radius 3 is 2.67 bits per heavy atom. The molecule has 0 aliphatic carbocycles. The van der Waals surface area contributed by atoms with Gasteiger partial charge in [-0.05, 0) is 42.9 Å². The number of ether oxygens (including phenoxy) is 1. The molecule has 0 spiro atoms. The van der Waals surface area contributed by atoms with Crippen molar-refractivity contribution in [3.05, 3.63) is 30.1 Å². The molecule has 1 nitrogen and oxygen atoms in total. The third-order valence-corrected chi connectivity index (χ3v) is 3.43.